The fourth-order valence-corrected chi connectivity index (χ4v) is 3.20. The molecular formula is C22H29N3O5. The molecule has 0 bridgehead atoms. The summed E-state index contributed by atoms with van der Waals surface area (Å²) in [4.78, 5) is 24.5. The van der Waals surface area contributed by atoms with Crippen LogP contribution in [0, 0.1) is 0 Å². The molecular weight excluding hydrogens is 386 g/mol. The van der Waals surface area contributed by atoms with Gasteiger partial charge in [0.15, 0.2) is 12.1 Å². The predicted octanol–water partition coefficient (Wildman–Crippen LogP) is 3.27. The molecule has 0 saturated carbocycles. The third-order valence-corrected chi connectivity index (χ3v) is 4.56. The van der Waals surface area contributed by atoms with Gasteiger partial charge < -0.3 is 14.2 Å². The molecule has 3 rings (SSSR count). The van der Waals surface area contributed by atoms with Crippen LogP contribution in [0.5, 0.6) is 0 Å². The van der Waals surface area contributed by atoms with Crippen molar-refractivity contribution in [2.75, 3.05) is 13.2 Å². The Balaban J connectivity index is 1.62. The Bertz CT molecular complexity index is 866. The van der Waals surface area contributed by atoms with Crippen LogP contribution in [0.3, 0.4) is 0 Å². The van der Waals surface area contributed by atoms with Gasteiger partial charge in [0.05, 0.1) is 24.2 Å². The zero-order valence-corrected chi connectivity index (χ0v) is 17.8. The van der Waals surface area contributed by atoms with Crippen LogP contribution in [0.4, 0.5) is 0 Å². The summed E-state index contributed by atoms with van der Waals surface area (Å²) < 4.78 is 18.3. The van der Waals surface area contributed by atoms with Crippen molar-refractivity contribution in [2.24, 2.45) is 0 Å². The number of Topliss-reactive ketones (excluding diaryl/α,β-unsaturated/α-hetero) is 1. The number of esters is 1. The van der Waals surface area contributed by atoms with E-state index < -0.39 is 11.6 Å². The number of hydrogen-bond donors (Lipinski definition) is 0. The maximum Gasteiger partial charge on any atom is 0.314 e. The number of carbonyl (C=O) groups is 2. The van der Waals surface area contributed by atoms with E-state index in [4.69, 9.17) is 14.2 Å². The van der Waals surface area contributed by atoms with E-state index in [2.05, 4.69) is 10.3 Å². The van der Waals surface area contributed by atoms with Gasteiger partial charge in [-0.3, -0.25) is 9.59 Å². The molecule has 1 atom stereocenters. The van der Waals surface area contributed by atoms with Gasteiger partial charge >= 0.3 is 5.97 Å². The second-order valence-corrected chi connectivity index (χ2v) is 8.29. The van der Waals surface area contributed by atoms with Crippen LogP contribution in [-0.2, 0) is 25.4 Å². The monoisotopic (exact) mass is 415 g/mol. The minimum atomic E-state index is -0.625. The van der Waals surface area contributed by atoms with Crippen molar-refractivity contribution in [3.63, 3.8) is 0 Å². The molecule has 30 heavy (non-hydrogen) atoms. The lowest BCUT2D eigenvalue weighted by Crippen LogP contribution is -2.25. The lowest BCUT2D eigenvalue weighted by Gasteiger charge is -2.22. The van der Waals surface area contributed by atoms with Crippen LogP contribution in [0.25, 0.3) is 5.69 Å². The number of ether oxygens (including phenoxy) is 3. The van der Waals surface area contributed by atoms with Crippen LogP contribution >= 0.6 is 0 Å². The van der Waals surface area contributed by atoms with Gasteiger partial charge in [0.25, 0.3) is 0 Å². The van der Waals surface area contributed by atoms with Crippen LogP contribution in [-0.4, -0.2) is 51.9 Å². The molecule has 0 spiro atoms. The smallest absolute Gasteiger partial charge is 0.314 e. The fraction of sp³-hybridized carbons (Fsp3) is 0.545. The zero-order valence-electron chi connectivity index (χ0n) is 17.8. The SMILES string of the molecule is CC(C)(C)OC(=O)CC(=O)c1cccc(-n2nncc2CCOC2CCCCO2)c1. The van der Waals surface area contributed by atoms with E-state index in [0.717, 1.165) is 31.6 Å². The number of carbonyl (C=O) groups excluding carboxylic acids is 2. The molecule has 1 aromatic heterocycles. The summed E-state index contributed by atoms with van der Waals surface area (Å²) in [5.41, 5.74) is 1.36. The predicted molar refractivity (Wildman–Crippen MR) is 109 cm³/mol. The summed E-state index contributed by atoms with van der Waals surface area (Å²) in [6.07, 6.45) is 4.97. The summed E-state index contributed by atoms with van der Waals surface area (Å²) >= 11 is 0. The third-order valence-electron chi connectivity index (χ3n) is 4.56. The second kappa shape index (κ2) is 9.95. The normalized spacial score (nSPS) is 17.0. The molecule has 0 radical (unpaired) electrons. The molecule has 2 aromatic rings. The van der Waals surface area contributed by atoms with E-state index in [1.165, 1.54) is 0 Å². The number of rotatable bonds is 8. The lowest BCUT2D eigenvalue weighted by molar-refractivity contribution is -0.161. The van der Waals surface area contributed by atoms with Gasteiger partial charge in [0, 0.05) is 18.6 Å². The minimum absolute atomic E-state index is 0.142. The number of benzene rings is 1. The largest absolute Gasteiger partial charge is 0.460 e. The topological polar surface area (TPSA) is 92.5 Å². The summed E-state index contributed by atoms with van der Waals surface area (Å²) in [5.74, 6) is -0.841. The zero-order chi connectivity index (χ0) is 21.6. The quantitative estimate of drug-likeness (QED) is 0.371. The maximum absolute atomic E-state index is 12.5. The first-order valence-corrected chi connectivity index (χ1v) is 10.3. The first kappa shape index (κ1) is 22.1. The van der Waals surface area contributed by atoms with Crippen LogP contribution in [0.15, 0.2) is 30.5 Å². The molecule has 162 valence electrons. The van der Waals surface area contributed by atoms with Crippen molar-refractivity contribution < 1.29 is 23.8 Å². The average Bonchev–Trinajstić information content (AvgIpc) is 3.16. The highest BCUT2D eigenvalue weighted by molar-refractivity contribution is 6.06. The van der Waals surface area contributed by atoms with E-state index in [1.54, 1.807) is 49.8 Å². The summed E-state index contributed by atoms with van der Waals surface area (Å²) in [5, 5.41) is 8.13. The molecule has 2 heterocycles. The van der Waals surface area contributed by atoms with Crippen molar-refractivity contribution >= 4 is 11.8 Å². The van der Waals surface area contributed by atoms with Crippen molar-refractivity contribution in [1.29, 1.82) is 0 Å². The van der Waals surface area contributed by atoms with Crippen LogP contribution in [0.2, 0.25) is 0 Å². The maximum atomic E-state index is 12.5. The van der Waals surface area contributed by atoms with Gasteiger partial charge in [-0.05, 0) is 52.2 Å². The van der Waals surface area contributed by atoms with E-state index in [0.29, 0.717) is 24.3 Å². The molecule has 1 fully saturated rings. The highest BCUT2D eigenvalue weighted by atomic mass is 16.7. The highest BCUT2D eigenvalue weighted by Gasteiger charge is 2.20. The van der Waals surface area contributed by atoms with Gasteiger partial charge in [-0.25, -0.2) is 4.68 Å². The highest BCUT2D eigenvalue weighted by Crippen LogP contribution is 2.17. The Kier molecular flexibility index (Phi) is 7.33. The van der Waals surface area contributed by atoms with Gasteiger partial charge in [-0.2, -0.15) is 0 Å². The van der Waals surface area contributed by atoms with Gasteiger partial charge in [0.1, 0.15) is 12.0 Å². The molecule has 1 aliphatic rings. The fourth-order valence-electron chi connectivity index (χ4n) is 3.20. The number of nitrogens with zero attached hydrogens (tertiary/aromatic N) is 3. The van der Waals surface area contributed by atoms with Crippen molar-refractivity contribution in [2.45, 2.75) is 64.8 Å². The molecule has 0 aliphatic carbocycles. The van der Waals surface area contributed by atoms with Gasteiger partial charge in [-0.15, -0.1) is 5.10 Å². The Morgan fingerprint density at radius 1 is 1.27 bits per heavy atom. The van der Waals surface area contributed by atoms with Crippen molar-refractivity contribution in [1.82, 2.24) is 15.0 Å². The molecule has 8 heteroatoms. The summed E-state index contributed by atoms with van der Waals surface area (Å²) in [6, 6.07) is 6.98. The summed E-state index contributed by atoms with van der Waals surface area (Å²) in [7, 11) is 0. The minimum Gasteiger partial charge on any atom is -0.460 e. The van der Waals surface area contributed by atoms with Crippen LogP contribution < -0.4 is 0 Å². The Morgan fingerprint density at radius 3 is 2.83 bits per heavy atom. The molecule has 0 amide bonds. The molecule has 1 aliphatic heterocycles. The Labute approximate surface area is 176 Å². The van der Waals surface area contributed by atoms with Crippen LogP contribution in [0.1, 0.15) is 62.5 Å². The number of hydrogen-bond acceptors (Lipinski definition) is 7. The molecule has 1 unspecified atom stereocenters. The number of aromatic nitrogens is 3. The van der Waals surface area contributed by atoms with Crippen molar-refractivity contribution in [3.05, 3.63) is 41.7 Å². The molecule has 1 aromatic carbocycles. The van der Waals surface area contributed by atoms with Gasteiger partial charge in [-0.1, -0.05) is 17.3 Å². The van der Waals surface area contributed by atoms with E-state index in [1.807, 2.05) is 6.07 Å². The van der Waals surface area contributed by atoms with E-state index in [9.17, 15) is 9.59 Å². The van der Waals surface area contributed by atoms with Gasteiger partial charge in [0.2, 0.25) is 0 Å². The lowest BCUT2D eigenvalue weighted by atomic mass is 10.1. The van der Waals surface area contributed by atoms with E-state index in [-0.39, 0.29) is 18.5 Å². The first-order valence-electron chi connectivity index (χ1n) is 10.3. The van der Waals surface area contributed by atoms with Crippen molar-refractivity contribution in [3.8, 4) is 5.69 Å². The second-order valence-electron chi connectivity index (χ2n) is 8.29. The molecule has 1 saturated heterocycles. The average molecular weight is 415 g/mol. The molecule has 0 N–H and O–H groups in total. The summed E-state index contributed by atoms with van der Waals surface area (Å²) in [6.45, 7) is 6.55. The molecule has 8 nitrogen and oxygen atoms in total. The Morgan fingerprint density at radius 2 is 2.10 bits per heavy atom. The number of ketones is 1. The standard InChI is InChI=1S/C22H29N3O5/c1-22(2,3)30-20(27)14-19(26)16-7-6-8-17(13-16)25-18(15-23-24-25)10-12-29-21-9-4-5-11-28-21/h6-8,13,15,21H,4-5,9-12,14H2,1-3H3. The first-order chi connectivity index (χ1) is 14.3. The Hall–Kier alpha value is -2.58. The van der Waals surface area contributed by atoms with E-state index >= 15 is 0 Å². The third kappa shape index (κ3) is 6.47.